The van der Waals surface area contributed by atoms with Crippen LogP contribution in [0.15, 0.2) is 51.8 Å². The maximum absolute atomic E-state index is 12.6. The van der Waals surface area contributed by atoms with E-state index in [0.29, 0.717) is 16.0 Å². The van der Waals surface area contributed by atoms with Crippen molar-refractivity contribution in [2.24, 2.45) is 0 Å². The first-order valence-electron chi connectivity index (χ1n) is 6.28. The molecule has 0 aliphatic rings. The molecular formula is C15H15BrClNO2S. The van der Waals surface area contributed by atoms with Gasteiger partial charge in [0.25, 0.3) is 0 Å². The van der Waals surface area contributed by atoms with Crippen LogP contribution in [0.25, 0.3) is 0 Å². The Kier molecular flexibility index (Phi) is 5.09. The maximum atomic E-state index is 12.6. The Balaban J connectivity index is 2.30. The molecule has 0 heterocycles. The highest BCUT2D eigenvalue weighted by molar-refractivity contribution is 9.10. The van der Waals surface area contributed by atoms with E-state index in [2.05, 4.69) is 15.9 Å². The third-order valence-electron chi connectivity index (χ3n) is 3.25. The molecule has 0 saturated carbocycles. The van der Waals surface area contributed by atoms with Crippen molar-refractivity contribution in [3.8, 4) is 0 Å². The number of benzene rings is 2. The second-order valence-electron chi connectivity index (χ2n) is 4.76. The molecule has 2 aromatic rings. The van der Waals surface area contributed by atoms with Gasteiger partial charge in [-0.25, -0.2) is 8.42 Å². The average Bonchev–Trinajstić information content (AvgIpc) is 2.44. The Labute approximate surface area is 138 Å². The summed E-state index contributed by atoms with van der Waals surface area (Å²) in [5.74, 6) is 0. The fourth-order valence-electron chi connectivity index (χ4n) is 1.93. The molecule has 0 fully saturated rings. The summed E-state index contributed by atoms with van der Waals surface area (Å²) in [4.78, 5) is 0.217. The van der Waals surface area contributed by atoms with Crippen LogP contribution in [0.2, 0.25) is 5.02 Å². The highest BCUT2D eigenvalue weighted by Crippen LogP contribution is 2.27. The van der Waals surface area contributed by atoms with Crippen molar-refractivity contribution in [3.05, 3.63) is 63.1 Å². The molecule has 6 heteroatoms. The summed E-state index contributed by atoms with van der Waals surface area (Å²) in [6.07, 6.45) is 0. The van der Waals surface area contributed by atoms with Crippen molar-refractivity contribution in [1.29, 1.82) is 0 Å². The van der Waals surface area contributed by atoms with Crippen LogP contribution in [0.5, 0.6) is 0 Å². The van der Waals surface area contributed by atoms with E-state index in [0.717, 1.165) is 11.1 Å². The first kappa shape index (κ1) is 16.5. The van der Waals surface area contributed by atoms with Gasteiger partial charge in [0.15, 0.2) is 0 Å². The zero-order valence-electron chi connectivity index (χ0n) is 11.7. The molecule has 0 aliphatic carbocycles. The molecule has 21 heavy (non-hydrogen) atoms. The topological polar surface area (TPSA) is 37.4 Å². The van der Waals surface area contributed by atoms with Crippen LogP contribution in [0.4, 0.5) is 0 Å². The third-order valence-corrected chi connectivity index (χ3v) is 6.27. The molecule has 0 bridgehead atoms. The Bertz CT molecular complexity index is 762. The Morgan fingerprint density at radius 3 is 2.48 bits per heavy atom. The molecular weight excluding hydrogens is 374 g/mol. The second-order valence-corrected chi connectivity index (χ2v) is 8.07. The predicted octanol–water partition coefficient (Wildman–Crippen LogP) is 4.23. The van der Waals surface area contributed by atoms with E-state index in [-0.39, 0.29) is 4.90 Å². The van der Waals surface area contributed by atoms with Crippen LogP contribution < -0.4 is 0 Å². The first-order chi connectivity index (χ1) is 9.82. The summed E-state index contributed by atoms with van der Waals surface area (Å²) in [6, 6.07) is 12.3. The molecule has 0 radical (unpaired) electrons. The molecule has 2 aromatic carbocycles. The molecule has 0 spiro atoms. The number of halogens is 2. The summed E-state index contributed by atoms with van der Waals surface area (Å²) >= 11 is 9.16. The molecule has 0 aliphatic heterocycles. The van der Waals surface area contributed by atoms with Gasteiger partial charge >= 0.3 is 0 Å². The third kappa shape index (κ3) is 3.66. The molecule has 0 aromatic heterocycles. The van der Waals surface area contributed by atoms with E-state index < -0.39 is 10.0 Å². The van der Waals surface area contributed by atoms with E-state index in [1.165, 1.54) is 16.4 Å². The minimum atomic E-state index is -3.55. The van der Waals surface area contributed by atoms with Crippen molar-refractivity contribution < 1.29 is 8.42 Å². The van der Waals surface area contributed by atoms with Gasteiger partial charge in [0.05, 0.1) is 9.92 Å². The van der Waals surface area contributed by atoms with Gasteiger partial charge in [0, 0.05) is 18.1 Å². The summed E-state index contributed by atoms with van der Waals surface area (Å²) in [5, 5.41) is 0.482. The summed E-state index contributed by atoms with van der Waals surface area (Å²) in [6.45, 7) is 2.30. The Morgan fingerprint density at radius 2 is 1.86 bits per heavy atom. The van der Waals surface area contributed by atoms with Gasteiger partial charge < -0.3 is 0 Å². The standard InChI is InChI=1S/C15H15BrClNO2S/c1-11-5-3-4-6-12(11)10-18(2)21(19,20)13-7-8-15(17)14(16)9-13/h3-9H,10H2,1-2H3. The molecule has 0 N–H and O–H groups in total. The SMILES string of the molecule is Cc1ccccc1CN(C)S(=O)(=O)c1ccc(Cl)c(Br)c1. The van der Waals surface area contributed by atoms with Gasteiger partial charge in [-0.3, -0.25) is 0 Å². The van der Waals surface area contributed by atoms with Gasteiger partial charge in [0.2, 0.25) is 10.0 Å². The largest absolute Gasteiger partial charge is 0.243 e. The maximum Gasteiger partial charge on any atom is 0.243 e. The molecule has 112 valence electrons. The number of hydrogen-bond acceptors (Lipinski definition) is 2. The summed E-state index contributed by atoms with van der Waals surface area (Å²) < 4.78 is 27.0. The van der Waals surface area contributed by atoms with Crippen LogP contribution >= 0.6 is 27.5 Å². The van der Waals surface area contributed by atoms with E-state index >= 15 is 0 Å². The zero-order chi connectivity index (χ0) is 15.6. The van der Waals surface area contributed by atoms with Crippen molar-refractivity contribution >= 4 is 37.6 Å². The van der Waals surface area contributed by atoms with Crippen LogP contribution in [0.1, 0.15) is 11.1 Å². The van der Waals surface area contributed by atoms with Gasteiger partial charge in [-0.15, -0.1) is 0 Å². The molecule has 0 atom stereocenters. The van der Waals surface area contributed by atoms with Crippen molar-refractivity contribution in [2.75, 3.05) is 7.05 Å². The normalized spacial score (nSPS) is 11.9. The highest BCUT2D eigenvalue weighted by Gasteiger charge is 2.22. The van der Waals surface area contributed by atoms with Crippen LogP contribution in [-0.2, 0) is 16.6 Å². The summed E-state index contributed by atoms with van der Waals surface area (Å²) in [5.41, 5.74) is 2.05. The number of nitrogens with zero attached hydrogens (tertiary/aromatic N) is 1. The fourth-order valence-corrected chi connectivity index (χ4v) is 3.75. The van der Waals surface area contributed by atoms with E-state index in [9.17, 15) is 8.42 Å². The Hall–Kier alpha value is -0.880. The zero-order valence-corrected chi connectivity index (χ0v) is 14.8. The van der Waals surface area contributed by atoms with E-state index in [1.54, 1.807) is 13.1 Å². The number of sulfonamides is 1. The second kappa shape index (κ2) is 6.48. The predicted molar refractivity (Wildman–Crippen MR) is 89.0 cm³/mol. The fraction of sp³-hybridized carbons (Fsp3) is 0.200. The van der Waals surface area contributed by atoms with Crippen molar-refractivity contribution in [1.82, 2.24) is 4.31 Å². The average molecular weight is 389 g/mol. The van der Waals surface area contributed by atoms with Gasteiger partial charge in [-0.1, -0.05) is 35.9 Å². The lowest BCUT2D eigenvalue weighted by Crippen LogP contribution is -2.26. The Morgan fingerprint density at radius 1 is 1.19 bits per heavy atom. The van der Waals surface area contributed by atoms with E-state index in [4.69, 9.17) is 11.6 Å². The number of rotatable bonds is 4. The quantitative estimate of drug-likeness (QED) is 0.786. The van der Waals surface area contributed by atoms with Crippen LogP contribution in [-0.4, -0.2) is 19.8 Å². The van der Waals surface area contributed by atoms with Crippen LogP contribution in [0, 0.1) is 6.92 Å². The van der Waals surface area contributed by atoms with Gasteiger partial charge in [0.1, 0.15) is 0 Å². The van der Waals surface area contributed by atoms with E-state index in [1.807, 2.05) is 31.2 Å². The first-order valence-corrected chi connectivity index (χ1v) is 8.89. The lowest BCUT2D eigenvalue weighted by Gasteiger charge is -2.18. The molecule has 0 saturated heterocycles. The number of aryl methyl sites for hydroxylation is 1. The van der Waals surface area contributed by atoms with Crippen molar-refractivity contribution in [3.63, 3.8) is 0 Å². The van der Waals surface area contributed by atoms with Gasteiger partial charge in [-0.2, -0.15) is 4.31 Å². The van der Waals surface area contributed by atoms with Crippen molar-refractivity contribution in [2.45, 2.75) is 18.4 Å². The minimum Gasteiger partial charge on any atom is -0.207 e. The monoisotopic (exact) mass is 387 g/mol. The van der Waals surface area contributed by atoms with Crippen LogP contribution in [0.3, 0.4) is 0 Å². The molecule has 3 nitrogen and oxygen atoms in total. The summed E-state index contributed by atoms with van der Waals surface area (Å²) in [7, 11) is -1.97. The number of hydrogen-bond donors (Lipinski definition) is 0. The molecule has 0 unspecified atom stereocenters. The molecule has 2 rings (SSSR count). The lowest BCUT2D eigenvalue weighted by molar-refractivity contribution is 0.466. The minimum absolute atomic E-state index is 0.217. The highest BCUT2D eigenvalue weighted by atomic mass is 79.9. The smallest absolute Gasteiger partial charge is 0.207 e. The van der Waals surface area contributed by atoms with Gasteiger partial charge in [-0.05, 0) is 52.2 Å². The molecule has 0 amide bonds. The lowest BCUT2D eigenvalue weighted by atomic mass is 10.1.